The van der Waals surface area contributed by atoms with Crippen molar-refractivity contribution in [2.75, 3.05) is 0 Å². The van der Waals surface area contributed by atoms with Gasteiger partial charge >= 0.3 is 17.9 Å². The molecule has 0 saturated carbocycles. The van der Waals surface area contributed by atoms with Gasteiger partial charge in [-0.05, 0) is 12.5 Å². The largest absolute Gasteiger partial charge is 0.449 e. The van der Waals surface area contributed by atoms with Gasteiger partial charge in [-0.2, -0.15) is 4.79 Å². The minimum Gasteiger partial charge on any atom is -0.449 e. The van der Waals surface area contributed by atoms with Crippen molar-refractivity contribution in [3.8, 4) is 0 Å². The van der Waals surface area contributed by atoms with Crippen molar-refractivity contribution >= 4 is 12.2 Å². The van der Waals surface area contributed by atoms with Crippen LogP contribution in [0.2, 0.25) is 0 Å². The van der Waals surface area contributed by atoms with Gasteiger partial charge in [0.2, 0.25) is 0 Å². The molecule has 0 saturated heterocycles. The van der Waals surface area contributed by atoms with Crippen molar-refractivity contribution in [2.45, 2.75) is 12.5 Å². The summed E-state index contributed by atoms with van der Waals surface area (Å²) in [5.74, 6) is 0. The Bertz CT molecular complexity index is 432. The predicted molar refractivity (Wildman–Crippen MR) is 52.3 cm³/mol. The van der Waals surface area contributed by atoms with E-state index in [1.807, 2.05) is 0 Å². The van der Waals surface area contributed by atoms with Crippen molar-refractivity contribution in [2.24, 2.45) is 0 Å². The van der Waals surface area contributed by atoms with Crippen LogP contribution in [0.1, 0.15) is 6.42 Å². The second kappa shape index (κ2) is 4.99. The first-order chi connectivity index (χ1) is 7.60. The Kier molecular flexibility index (Phi) is 3.68. The molecule has 0 aromatic heterocycles. The van der Waals surface area contributed by atoms with Gasteiger partial charge in [0, 0.05) is 6.08 Å². The molecule has 1 unspecified atom stereocenters. The van der Waals surface area contributed by atoms with E-state index in [-0.39, 0.29) is 17.8 Å². The van der Waals surface area contributed by atoms with E-state index in [1.54, 1.807) is 0 Å². The van der Waals surface area contributed by atoms with Crippen LogP contribution in [-0.4, -0.2) is 28.0 Å². The Balaban J connectivity index is 3.02. The molecule has 0 fully saturated rings. The van der Waals surface area contributed by atoms with Crippen LogP contribution in [0.3, 0.4) is 0 Å². The summed E-state index contributed by atoms with van der Waals surface area (Å²) in [6.07, 6.45) is 1.88. The Morgan fingerprint density at radius 2 is 2.44 bits per heavy atom. The number of nitrogens with zero attached hydrogens (tertiary/aromatic N) is 3. The second-order valence-electron chi connectivity index (χ2n) is 2.93. The van der Waals surface area contributed by atoms with Gasteiger partial charge in [0.15, 0.2) is 0 Å². The van der Waals surface area contributed by atoms with E-state index in [1.165, 1.54) is 12.5 Å². The molecule has 0 aromatic rings. The van der Waals surface area contributed by atoms with Crippen LogP contribution in [0.25, 0.3) is 5.53 Å². The number of hydrogen-bond acceptors (Lipinski definition) is 4. The predicted octanol–water partition coefficient (Wildman–Crippen LogP) is 0.434. The highest BCUT2D eigenvalue weighted by molar-refractivity contribution is 5.96. The first-order valence-electron chi connectivity index (χ1n) is 4.23. The highest BCUT2D eigenvalue weighted by atomic mass is 16.6. The molecule has 1 rings (SSSR count). The van der Waals surface area contributed by atoms with Gasteiger partial charge < -0.3 is 10.3 Å². The summed E-state index contributed by atoms with van der Waals surface area (Å²) in [6, 6.07) is 0. The van der Waals surface area contributed by atoms with Crippen LogP contribution in [0.4, 0.5) is 0 Å². The van der Waals surface area contributed by atoms with E-state index in [9.17, 15) is 14.9 Å². The van der Waals surface area contributed by atoms with Gasteiger partial charge in [0.25, 0.3) is 0 Å². The van der Waals surface area contributed by atoms with E-state index in [2.05, 4.69) is 16.5 Å². The van der Waals surface area contributed by atoms with E-state index in [0.29, 0.717) is 5.57 Å². The normalized spacial score (nSPS) is 16.7. The van der Waals surface area contributed by atoms with E-state index >= 15 is 0 Å². The van der Waals surface area contributed by atoms with Crippen molar-refractivity contribution < 1.29 is 19.2 Å². The highest BCUT2D eigenvalue weighted by Gasteiger charge is 2.31. The van der Waals surface area contributed by atoms with Gasteiger partial charge in [-0.3, -0.25) is 10.1 Å². The Labute approximate surface area is 90.8 Å². The van der Waals surface area contributed by atoms with Gasteiger partial charge in [0.1, 0.15) is 6.10 Å². The minimum absolute atomic E-state index is 0.0592. The molecule has 0 bridgehead atoms. The van der Waals surface area contributed by atoms with Crippen LogP contribution in [0.5, 0.6) is 0 Å². The van der Waals surface area contributed by atoms with Crippen LogP contribution >= 0.6 is 0 Å². The monoisotopic (exact) mass is 221 g/mol. The molecule has 0 amide bonds. The Morgan fingerprint density at radius 3 is 2.94 bits per heavy atom. The molecule has 2 radical (unpaired) electrons. The Hall–Kier alpha value is -2.27. The zero-order chi connectivity index (χ0) is 12.1. The quantitative estimate of drug-likeness (QED) is 0.297. The molecule has 0 aliphatic heterocycles. The summed E-state index contributed by atoms with van der Waals surface area (Å²) in [5.41, 5.74) is 8.50. The van der Waals surface area contributed by atoms with Gasteiger partial charge in [-0.25, -0.2) is 4.79 Å². The molecule has 0 heterocycles. The summed E-state index contributed by atoms with van der Waals surface area (Å²) in [5, 5.41) is 10.6. The maximum atomic E-state index is 10.6. The lowest BCUT2D eigenvalue weighted by Gasteiger charge is -2.11. The summed E-state index contributed by atoms with van der Waals surface area (Å²) in [7, 11) is 0. The van der Waals surface area contributed by atoms with Gasteiger partial charge in [-0.1, -0.05) is 6.08 Å². The fourth-order valence-corrected chi connectivity index (χ4v) is 1.22. The minimum atomic E-state index is -0.868. The molecule has 7 nitrogen and oxygen atoms in total. The molecule has 0 spiro atoms. The number of carbonyl (C=O) groups excluding carboxylic acids is 1. The third-order valence-corrected chi connectivity index (χ3v) is 2.01. The fourth-order valence-electron chi connectivity index (χ4n) is 1.22. The van der Waals surface area contributed by atoms with E-state index in [0.717, 1.165) is 6.08 Å². The van der Waals surface area contributed by atoms with Crippen LogP contribution in [-0.2, 0) is 9.53 Å². The molecule has 0 N–H and O–H groups in total. The van der Waals surface area contributed by atoms with E-state index in [4.69, 9.17) is 5.53 Å². The fraction of sp³-hybridized carbons (Fsp3) is 0.222. The maximum absolute atomic E-state index is 10.6. The Morgan fingerprint density at radius 1 is 1.75 bits per heavy atom. The summed E-state index contributed by atoms with van der Waals surface area (Å²) in [4.78, 5) is 22.7. The van der Waals surface area contributed by atoms with Crippen molar-refractivity contribution in [3.05, 3.63) is 46.0 Å². The lowest BCUT2D eigenvalue weighted by Crippen LogP contribution is -2.19. The molecular formula is C9H7N3O4. The maximum Gasteiger partial charge on any atom is 0.418 e. The topological polar surface area (TPSA) is 106 Å². The summed E-state index contributed by atoms with van der Waals surface area (Å²) >= 11 is 0. The molecule has 0 aromatic carbocycles. The molecule has 16 heavy (non-hydrogen) atoms. The molecule has 1 aliphatic rings. The SMILES string of the molecule is [CH2]C(O[C]=O)C1=CCC(=[N+]=[N-])C([N+](=O)[O-])=C1. The standard InChI is InChI=1S/C9H7N3O4/c1-6(16-5-13)7-2-3-8(11-10)9(4-7)12(14)15/h2,4,6H,1,3H2. The number of ether oxygens (including phenoxy) is 1. The average Bonchev–Trinajstić information content (AvgIpc) is 2.28. The number of hydrogen-bond donors (Lipinski definition) is 0. The van der Waals surface area contributed by atoms with Crippen LogP contribution < -0.4 is 0 Å². The molecule has 82 valence electrons. The lowest BCUT2D eigenvalue weighted by atomic mass is 9.99. The number of nitro groups is 1. The van der Waals surface area contributed by atoms with Gasteiger partial charge in [-0.15, -0.1) is 0 Å². The second-order valence-corrected chi connectivity index (χ2v) is 2.93. The van der Waals surface area contributed by atoms with Gasteiger partial charge in [0.05, 0.1) is 11.3 Å². The highest BCUT2D eigenvalue weighted by Crippen LogP contribution is 2.18. The number of allylic oxidation sites excluding steroid dienone is 2. The lowest BCUT2D eigenvalue weighted by molar-refractivity contribution is -0.417. The number of rotatable bonds is 4. The van der Waals surface area contributed by atoms with Crippen LogP contribution in [0.15, 0.2) is 23.4 Å². The molecule has 1 aliphatic carbocycles. The first kappa shape index (κ1) is 11.8. The smallest absolute Gasteiger partial charge is 0.418 e. The van der Waals surface area contributed by atoms with Crippen molar-refractivity contribution in [3.63, 3.8) is 0 Å². The molecule has 7 heteroatoms. The van der Waals surface area contributed by atoms with Crippen molar-refractivity contribution in [1.82, 2.24) is 0 Å². The van der Waals surface area contributed by atoms with Crippen molar-refractivity contribution in [1.29, 1.82) is 0 Å². The molecular weight excluding hydrogens is 214 g/mol. The average molecular weight is 221 g/mol. The molecule has 1 atom stereocenters. The zero-order valence-electron chi connectivity index (χ0n) is 8.12. The van der Waals surface area contributed by atoms with Crippen LogP contribution in [0, 0.1) is 17.0 Å². The first-order valence-corrected chi connectivity index (χ1v) is 4.23. The summed E-state index contributed by atoms with van der Waals surface area (Å²) in [6.45, 7) is 4.68. The van der Waals surface area contributed by atoms with E-state index < -0.39 is 11.0 Å². The third kappa shape index (κ3) is 2.40. The zero-order valence-corrected chi connectivity index (χ0v) is 8.12. The summed E-state index contributed by atoms with van der Waals surface area (Å²) < 4.78 is 4.42. The third-order valence-electron chi connectivity index (χ3n) is 2.01.